The summed E-state index contributed by atoms with van der Waals surface area (Å²) >= 11 is 0. The summed E-state index contributed by atoms with van der Waals surface area (Å²) in [5, 5.41) is 1.50. The first-order chi connectivity index (χ1) is 9.32. The van der Waals surface area contributed by atoms with Gasteiger partial charge in [0.15, 0.2) is 6.23 Å². The maximum Gasteiger partial charge on any atom is 0.294 e. The molecule has 2 atom stereocenters. The van der Waals surface area contributed by atoms with E-state index in [4.69, 9.17) is 9.39 Å². The molecule has 2 N–H and O–H groups in total. The van der Waals surface area contributed by atoms with E-state index in [1.165, 1.54) is 11.1 Å². The molecule has 1 aromatic rings. The zero-order chi connectivity index (χ0) is 16.2. The fourth-order valence-corrected chi connectivity index (χ4v) is 3.20. The van der Waals surface area contributed by atoms with E-state index in [0.29, 0.717) is 6.07 Å². The van der Waals surface area contributed by atoms with Crippen LogP contribution in [-0.2, 0) is 25.1 Å². The predicted octanol–water partition coefficient (Wildman–Crippen LogP) is 1.22. The number of rotatable bonds is 3. The molecule has 1 fully saturated rings. The van der Waals surface area contributed by atoms with E-state index in [1.54, 1.807) is 0 Å². The lowest BCUT2D eigenvalue weighted by Crippen LogP contribution is -2.26. The monoisotopic (exact) mass is 337 g/mol. The molecule has 0 spiro atoms. The maximum atomic E-state index is 11.4. The van der Waals surface area contributed by atoms with Crippen molar-refractivity contribution in [3.8, 4) is 0 Å². The molecule has 1 aliphatic rings. The van der Waals surface area contributed by atoms with Crippen molar-refractivity contribution in [2.75, 3.05) is 0 Å². The highest BCUT2D eigenvalue weighted by molar-refractivity contribution is 7.86. The lowest BCUT2D eigenvalue weighted by molar-refractivity contribution is 0.101. The molecular formula is C11H15NO7S2. The predicted molar refractivity (Wildman–Crippen MR) is 71.5 cm³/mol. The van der Waals surface area contributed by atoms with Gasteiger partial charge in [0.1, 0.15) is 4.90 Å². The van der Waals surface area contributed by atoms with Gasteiger partial charge in [0.05, 0.1) is 4.90 Å². The molecule has 0 aliphatic carbocycles. The summed E-state index contributed by atoms with van der Waals surface area (Å²) in [6.45, 7) is 5.52. The molecule has 10 heteroatoms. The molecule has 21 heavy (non-hydrogen) atoms. The van der Waals surface area contributed by atoms with Gasteiger partial charge in [-0.25, -0.2) is 0 Å². The summed E-state index contributed by atoms with van der Waals surface area (Å²) in [6.07, 6.45) is -0.711. The van der Waals surface area contributed by atoms with Crippen molar-refractivity contribution < 1.29 is 30.8 Å². The number of hydrogen-bond acceptors (Lipinski definition) is 6. The van der Waals surface area contributed by atoms with Gasteiger partial charge in [0, 0.05) is 11.1 Å². The van der Waals surface area contributed by atoms with Crippen molar-refractivity contribution in [1.82, 2.24) is 5.06 Å². The molecule has 1 heterocycles. The smallest absolute Gasteiger partial charge is 0.282 e. The van der Waals surface area contributed by atoms with Crippen LogP contribution in [0, 0.1) is 0 Å². The van der Waals surface area contributed by atoms with Crippen LogP contribution < -0.4 is 0 Å². The molecule has 1 aliphatic heterocycles. The third kappa shape index (κ3) is 3.42. The Labute approximate surface area is 122 Å². The number of nitrogens with zero attached hydrogens (tertiary/aromatic N) is 1. The highest BCUT2D eigenvalue weighted by Gasteiger charge is 2.47. The quantitative estimate of drug-likeness (QED) is 0.623. The Kier molecular flexibility index (Phi) is 3.68. The van der Waals surface area contributed by atoms with Gasteiger partial charge in [-0.15, -0.1) is 5.06 Å². The minimum Gasteiger partial charge on any atom is -0.282 e. The van der Waals surface area contributed by atoms with E-state index in [1.807, 2.05) is 20.8 Å². The standard InChI is InChI=1S/C11H15NO7S2/c1-11(2,3)12-10(19-12)8-5-4-7(20(13,14)15)6-9(8)21(16,17)18/h4-6,10H,1-3H3,(H,13,14,15)(H,16,17,18). The van der Waals surface area contributed by atoms with Gasteiger partial charge in [-0.3, -0.25) is 13.9 Å². The van der Waals surface area contributed by atoms with Gasteiger partial charge >= 0.3 is 0 Å². The molecular weight excluding hydrogens is 322 g/mol. The van der Waals surface area contributed by atoms with Gasteiger partial charge in [-0.2, -0.15) is 16.8 Å². The van der Waals surface area contributed by atoms with Crippen LogP contribution >= 0.6 is 0 Å². The van der Waals surface area contributed by atoms with Crippen LogP contribution in [0.15, 0.2) is 28.0 Å². The molecule has 0 aromatic heterocycles. The van der Waals surface area contributed by atoms with Gasteiger partial charge < -0.3 is 0 Å². The van der Waals surface area contributed by atoms with Gasteiger partial charge in [-0.05, 0) is 32.9 Å². The molecule has 0 amide bonds. The molecule has 0 radical (unpaired) electrons. The minimum atomic E-state index is -4.67. The zero-order valence-corrected chi connectivity index (χ0v) is 13.1. The SMILES string of the molecule is CC(C)(C)N1OC1c1ccc(S(=O)(=O)O)cc1S(=O)(=O)O. The van der Waals surface area contributed by atoms with E-state index in [9.17, 15) is 21.4 Å². The van der Waals surface area contributed by atoms with Crippen LogP contribution in [0.4, 0.5) is 0 Å². The Bertz CT molecular complexity index is 777. The van der Waals surface area contributed by atoms with E-state index in [0.717, 1.165) is 6.07 Å². The van der Waals surface area contributed by atoms with Crippen LogP contribution in [0.2, 0.25) is 0 Å². The van der Waals surface area contributed by atoms with Crippen LogP contribution in [-0.4, -0.2) is 36.5 Å². The second kappa shape index (κ2) is 4.73. The largest absolute Gasteiger partial charge is 0.294 e. The van der Waals surface area contributed by atoms with Gasteiger partial charge in [0.25, 0.3) is 20.2 Å². The fourth-order valence-electron chi connectivity index (χ4n) is 1.88. The first kappa shape index (κ1) is 16.3. The summed E-state index contributed by atoms with van der Waals surface area (Å²) in [4.78, 5) is 4.03. The van der Waals surface area contributed by atoms with Gasteiger partial charge in [0.2, 0.25) is 0 Å². The van der Waals surface area contributed by atoms with E-state index in [2.05, 4.69) is 0 Å². The summed E-state index contributed by atoms with van der Waals surface area (Å²) in [7, 11) is -9.25. The molecule has 2 unspecified atom stereocenters. The second-order valence-corrected chi connectivity index (χ2v) is 8.42. The van der Waals surface area contributed by atoms with Crippen LogP contribution in [0.25, 0.3) is 0 Å². The van der Waals surface area contributed by atoms with Crippen molar-refractivity contribution >= 4 is 20.2 Å². The Balaban J connectivity index is 2.54. The highest BCUT2D eigenvalue weighted by atomic mass is 32.2. The normalized spacial score (nSPS) is 23.1. The van der Waals surface area contributed by atoms with Crippen molar-refractivity contribution in [3.63, 3.8) is 0 Å². The lowest BCUT2D eigenvalue weighted by atomic mass is 10.1. The summed E-state index contributed by atoms with van der Waals surface area (Å²) < 4.78 is 63.2. The van der Waals surface area contributed by atoms with Crippen molar-refractivity contribution in [1.29, 1.82) is 0 Å². The van der Waals surface area contributed by atoms with Gasteiger partial charge in [-0.1, -0.05) is 6.07 Å². The number of hydrogen-bond donors (Lipinski definition) is 2. The Morgan fingerprint density at radius 3 is 2.05 bits per heavy atom. The van der Waals surface area contributed by atoms with Crippen molar-refractivity contribution in [3.05, 3.63) is 23.8 Å². The molecule has 1 aromatic carbocycles. The Hall–Kier alpha value is -1.04. The lowest BCUT2D eigenvalue weighted by Gasteiger charge is -2.17. The van der Waals surface area contributed by atoms with Crippen molar-refractivity contribution in [2.45, 2.75) is 42.3 Å². The first-order valence-electron chi connectivity index (χ1n) is 5.87. The average Bonchev–Trinajstić information content (AvgIpc) is 3.04. The molecule has 1 saturated heterocycles. The maximum absolute atomic E-state index is 11.4. The number of benzene rings is 1. The topological polar surface area (TPSA) is 124 Å². The van der Waals surface area contributed by atoms with E-state index < -0.39 is 41.8 Å². The molecule has 0 saturated carbocycles. The van der Waals surface area contributed by atoms with Crippen LogP contribution in [0.1, 0.15) is 32.6 Å². The molecule has 2 rings (SSSR count). The summed E-state index contributed by atoms with van der Waals surface area (Å²) in [5.41, 5.74) is -0.303. The average molecular weight is 337 g/mol. The van der Waals surface area contributed by atoms with Crippen LogP contribution in [0.5, 0.6) is 0 Å². The Morgan fingerprint density at radius 1 is 1.10 bits per heavy atom. The molecule has 118 valence electrons. The summed E-state index contributed by atoms with van der Waals surface area (Å²) in [6, 6.07) is 2.92. The minimum absolute atomic E-state index is 0.0971. The second-order valence-electron chi connectivity index (χ2n) is 5.60. The summed E-state index contributed by atoms with van der Waals surface area (Å²) in [5.74, 6) is 0. The number of hydroxylamine groups is 2. The molecule has 8 nitrogen and oxygen atoms in total. The fraction of sp³-hybridized carbons (Fsp3) is 0.455. The zero-order valence-electron chi connectivity index (χ0n) is 11.5. The van der Waals surface area contributed by atoms with Crippen LogP contribution in [0.3, 0.4) is 0 Å². The van der Waals surface area contributed by atoms with Crippen molar-refractivity contribution in [2.24, 2.45) is 0 Å². The van der Waals surface area contributed by atoms with E-state index in [-0.39, 0.29) is 5.56 Å². The first-order valence-corrected chi connectivity index (χ1v) is 8.75. The van der Waals surface area contributed by atoms with E-state index >= 15 is 0 Å². The molecule has 0 bridgehead atoms. The third-order valence-corrected chi connectivity index (χ3v) is 4.63. The Morgan fingerprint density at radius 2 is 1.67 bits per heavy atom. The highest BCUT2D eigenvalue weighted by Crippen LogP contribution is 2.45. The third-order valence-electron chi connectivity index (χ3n) is 2.87.